The van der Waals surface area contributed by atoms with Gasteiger partial charge < -0.3 is 24.8 Å². The highest BCUT2D eigenvalue weighted by atomic mass is 16.6. The van der Waals surface area contributed by atoms with Crippen LogP contribution in [0.3, 0.4) is 0 Å². The number of ether oxygens (including phenoxy) is 2. The van der Waals surface area contributed by atoms with Gasteiger partial charge in [-0.3, -0.25) is 9.59 Å². The summed E-state index contributed by atoms with van der Waals surface area (Å²) in [5.41, 5.74) is 0. The molecule has 0 aromatic heterocycles. The molecular weight excluding hydrogens is 713 g/mol. The van der Waals surface area contributed by atoms with Gasteiger partial charge in [0.15, 0.2) is 6.10 Å². The highest BCUT2D eigenvalue weighted by molar-refractivity contribution is 5.70. The van der Waals surface area contributed by atoms with Crippen molar-refractivity contribution in [3.05, 3.63) is 72.9 Å². The first-order valence-corrected chi connectivity index (χ1v) is 23.1. The second-order valence-corrected chi connectivity index (χ2v) is 15.8. The highest BCUT2D eigenvalue weighted by Crippen LogP contribution is 2.17. The molecule has 57 heavy (non-hydrogen) atoms. The molecule has 0 heterocycles. The lowest BCUT2D eigenvalue weighted by atomic mass is 9.99. The Morgan fingerprint density at radius 3 is 1.53 bits per heavy atom. The number of esters is 2. The van der Waals surface area contributed by atoms with Gasteiger partial charge >= 0.3 is 11.9 Å². The molecule has 0 rings (SSSR count). The van der Waals surface area contributed by atoms with E-state index in [-0.39, 0.29) is 19.0 Å². The Morgan fingerprint density at radius 1 is 0.561 bits per heavy atom. The van der Waals surface area contributed by atoms with Gasteiger partial charge in [-0.2, -0.15) is 0 Å². The van der Waals surface area contributed by atoms with Crippen LogP contribution in [0.2, 0.25) is 0 Å². The summed E-state index contributed by atoms with van der Waals surface area (Å²) < 4.78 is 10.5. The molecule has 0 fully saturated rings. The van der Waals surface area contributed by atoms with Crippen molar-refractivity contribution >= 4 is 11.9 Å². The van der Waals surface area contributed by atoms with Gasteiger partial charge in [0.05, 0.1) is 18.8 Å². The average Bonchev–Trinajstić information content (AvgIpc) is 3.20. The third-order valence-corrected chi connectivity index (χ3v) is 10.2. The zero-order valence-electron chi connectivity index (χ0n) is 36.7. The number of unbranched alkanes of at least 4 members (excludes halogenated alkanes) is 17. The molecule has 1 unspecified atom stereocenters. The van der Waals surface area contributed by atoms with Crippen LogP contribution in [0.15, 0.2) is 72.9 Å². The fourth-order valence-corrected chi connectivity index (χ4v) is 6.32. The maximum atomic E-state index is 12.2. The number of carbonyl (C=O) groups excluding carboxylic acids is 2. The summed E-state index contributed by atoms with van der Waals surface area (Å²) in [4.78, 5) is 24.3. The number of carbonyl (C=O) groups is 2. The number of rotatable bonds is 40. The van der Waals surface area contributed by atoms with Gasteiger partial charge in [-0.25, -0.2) is 0 Å². The number of aliphatic hydroxyl groups excluding tert-OH is 3. The van der Waals surface area contributed by atoms with Gasteiger partial charge in [0, 0.05) is 12.8 Å². The number of aliphatic hydroxyl groups is 3. The second kappa shape index (κ2) is 42.9. The third kappa shape index (κ3) is 41.2. The first kappa shape index (κ1) is 54.3. The van der Waals surface area contributed by atoms with Crippen molar-refractivity contribution < 1.29 is 34.4 Å². The molecule has 0 aliphatic carbocycles. The zero-order valence-corrected chi connectivity index (χ0v) is 36.7. The molecule has 0 aromatic rings. The quantitative estimate of drug-likeness (QED) is 0.0245. The Balaban J connectivity index is 3.72. The number of hydrogen-bond donors (Lipinski definition) is 3. The molecular formula is C50H86O7. The van der Waals surface area contributed by atoms with Crippen LogP contribution in [0.25, 0.3) is 0 Å². The molecule has 7 nitrogen and oxygen atoms in total. The van der Waals surface area contributed by atoms with E-state index in [1.807, 2.05) is 48.6 Å². The molecule has 0 amide bonds. The highest BCUT2D eigenvalue weighted by Gasteiger charge is 2.15. The average molecular weight is 799 g/mol. The van der Waals surface area contributed by atoms with Gasteiger partial charge in [-0.1, -0.05) is 216 Å². The molecule has 328 valence electrons. The minimum atomic E-state index is -0.851. The Kier molecular flexibility index (Phi) is 40.8. The standard InChI is InChI=1S/C50H86O7/c1-4-6-29-37-46(52)39-32-27-28-33-40-47(53)38-31-24-21-22-26-35-42-50(55)57-48(43-51)44-56-49(54)41-34-25-20-18-16-14-12-10-8-7-9-11-13-15-17-19-23-30-36-45(3)5-2/h6,22,24,26-29,31-33,39-40,45-48,51-53H,4-5,7-21,23,25,30,34-38,41-44H2,1-3H3/b26-22-,28-27-,29-6-,31-24-,39-32+,40-33+/t45?,46-,47+,48-/m0/s1. The van der Waals surface area contributed by atoms with Gasteiger partial charge in [0.1, 0.15) is 6.61 Å². The first-order valence-electron chi connectivity index (χ1n) is 23.1. The maximum absolute atomic E-state index is 12.2. The summed E-state index contributed by atoms with van der Waals surface area (Å²) in [5.74, 6) is 0.149. The van der Waals surface area contributed by atoms with Crippen LogP contribution in [-0.2, 0) is 19.1 Å². The van der Waals surface area contributed by atoms with Crippen LogP contribution >= 0.6 is 0 Å². The SMILES string of the molecule is CC/C=C\C[C@H](O)/C=C/C=C\C=C\[C@H](O)C/C=C\C/C=C\CCC(=O)O[C@@H](CO)COC(=O)CCCCCCCCCCCCCCCCCCCCC(C)CC. The van der Waals surface area contributed by atoms with Crippen molar-refractivity contribution in [1.82, 2.24) is 0 Å². The molecule has 0 aliphatic rings. The van der Waals surface area contributed by atoms with Crippen LogP contribution in [-0.4, -0.2) is 58.8 Å². The molecule has 0 radical (unpaired) electrons. The minimum absolute atomic E-state index is 0.129. The lowest BCUT2D eigenvalue weighted by molar-refractivity contribution is -0.161. The molecule has 7 heteroatoms. The zero-order chi connectivity index (χ0) is 41.9. The predicted octanol–water partition coefficient (Wildman–Crippen LogP) is 12.7. The normalized spacial score (nSPS) is 14.6. The van der Waals surface area contributed by atoms with Crippen LogP contribution in [0.1, 0.15) is 194 Å². The maximum Gasteiger partial charge on any atom is 0.306 e. The fraction of sp³-hybridized carbons (Fsp3) is 0.720. The molecule has 0 saturated carbocycles. The van der Waals surface area contributed by atoms with Crippen molar-refractivity contribution in [2.45, 2.75) is 212 Å². The molecule has 0 aliphatic heterocycles. The summed E-state index contributed by atoms with van der Waals surface area (Å²) in [7, 11) is 0. The van der Waals surface area contributed by atoms with E-state index in [1.54, 1.807) is 24.3 Å². The lowest BCUT2D eigenvalue weighted by Gasteiger charge is -2.15. The molecule has 3 N–H and O–H groups in total. The van der Waals surface area contributed by atoms with E-state index < -0.39 is 30.9 Å². The van der Waals surface area contributed by atoms with Gasteiger partial charge in [-0.15, -0.1) is 0 Å². The van der Waals surface area contributed by atoms with Crippen LogP contribution in [0, 0.1) is 5.92 Å². The minimum Gasteiger partial charge on any atom is -0.462 e. The summed E-state index contributed by atoms with van der Waals surface area (Å²) in [5, 5.41) is 29.5. The predicted molar refractivity (Wildman–Crippen MR) is 240 cm³/mol. The largest absolute Gasteiger partial charge is 0.462 e. The number of hydrogen-bond acceptors (Lipinski definition) is 7. The summed E-state index contributed by atoms with van der Waals surface area (Å²) in [6, 6.07) is 0. The third-order valence-electron chi connectivity index (χ3n) is 10.2. The van der Waals surface area contributed by atoms with E-state index in [0.717, 1.165) is 31.6 Å². The fourth-order valence-electron chi connectivity index (χ4n) is 6.32. The summed E-state index contributed by atoms with van der Waals surface area (Å²) in [6.07, 6.45) is 50.4. The molecule has 4 atom stereocenters. The molecule has 0 spiro atoms. The van der Waals surface area contributed by atoms with E-state index in [1.165, 1.54) is 109 Å². The lowest BCUT2D eigenvalue weighted by Crippen LogP contribution is -2.28. The Bertz CT molecular complexity index is 1090. The van der Waals surface area contributed by atoms with Gasteiger partial charge in [0.2, 0.25) is 0 Å². The Hall–Kier alpha value is -2.74. The van der Waals surface area contributed by atoms with E-state index in [9.17, 15) is 24.9 Å². The van der Waals surface area contributed by atoms with Crippen LogP contribution in [0.5, 0.6) is 0 Å². The van der Waals surface area contributed by atoms with Crippen molar-refractivity contribution in [2.24, 2.45) is 5.92 Å². The smallest absolute Gasteiger partial charge is 0.306 e. The van der Waals surface area contributed by atoms with E-state index >= 15 is 0 Å². The second-order valence-electron chi connectivity index (χ2n) is 15.8. The van der Waals surface area contributed by atoms with Crippen molar-refractivity contribution in [3.63, 3.8) is 0 Å². The topological polar surface area (TPSA) is 113 Å². The van der Waals surface area contributed by atoms with Crippen LogP contribution < -0.4 is 0 Å². The van der Waals surface area contributed by atoms with E-state index in [0.29, 0.717) is 32.1 Å². The summed E-state index contributed by atoms with van der Waals surface area (Å²) in [6.45, 7) is 6.21. The summed E-state index contributed by atoms with van der Waals surface area (Å²) >= 11 is 0. The van der Waals surface area contributed by atoms with Crippen molar-refractivity contribution in [1.29, 1.82) is 0 Å². The molecule has 0 aromatic carbocycles. The monoisotopic (exact) mass is 799 g/mol. The van der Waals surface area contributed by atoms with E-state index in [4.69, 9.17) is 9.47 Å². The van der Waals surface area contributed by atoms with Gasteiger partial charge in [0.25, 0.3) is 0 Å². The van der Waals surface area contributed by atoms with E-state index in [2.05, 4.69) is 20.8 Å². The Labute approximate surface area is 349 Å². The van der Waals surface area contributed by atoms with Crippen LogP contribution in [0.4, 0.5) is 0 Å². The molecule has 0 bridgehead atoms. The Morgan fingerprint density at radius 2 is 1.04 bits per heavy atom. The van der Waals surface area contributed by atoms with Gasteiger partial charge in [-0.05, 0) is 44.4 Å². The first-order chi connectivity index (χ1) is 27.8. The number of allylic oxidation sites excluding steroid dienone is 8. The van der Waals surface area contributed by atoms with Crippen molar-refractivity contribution in [2.75, 3.05) is 13.2 Å². The molecule has 0 saturated heterocycles. The van der Waals surface area contributed by atoms with Crippen molar-refractivity contribution in [3.8, 4) is 0 Å².